The number of thiazole rings is 1. The van der Waals surface area contributed by atoms with E-state index < -0.39 is 11.9 Å². The summed E-state index contributed by atoms with van der Waals surface area (Å²) in [7, 11) is 0. The van der Waals surface area contributed by atoms with Crippen molar-refractivity contribution in [2.45, 2.75) is 32.7 Å². The maximum absolute atomic E-state index is 13.3. The molecule has 12 heteroatoms. The molecule has 1 aromatic carbocycles. The highest BCUT2D eigenvalue weighted by atomic mass is 32.1. The van der Waals surface area contributed by atoms with Crippen LogP contribution in [-0.2, 0) is 12.7 Å². The Kier molecular flexibility index (Phi) is 6.04. The van der Waals surface area contributed by atoms with Crippen molar-refractivity contribution in [3.63, 3.8) is 0 Å². The fraction of sp³-hybridized carbons (Fsp3) is 0.250. The van der Waals surface area contributed by atoms with Crippen molar-refractivity contribution in [2.75, 3.05) is 5.32 Å². The van der Waals surface area contributed by atoms with Gasteiger partial charge in [0, 0.05) is 22.3 Å². The van der Waals surface area contributed by atoms with Gasteiger partial charge in [0.05, 0.1) is 12.6 Å². The monoisotopic (exact) mass is 461 g/mol. The van der Waals surface area contributed by atoms with E-state index in [2.05, 4.69) is 35.9 Å². The van der Waals surface area contributed by atoms with Crippen LogP contribution in [0.1, 0.15) is 24.4 Å². The predicted molar refractivity (Wildman–Crippen MR) is 113 cm³/mol. The first-order valence-corrected chi connectivity index (χ1v) is 10.4. The lowest BCUT2D eigenvalue weighted by Gasteiger charge is -2.11. The van der Waals surface area contributed by atoms with E-state index in [4.69, 9.17) is 4.74 Å². The number of aromatic nitrogens is 6. The number of halogens is 3. The van der Waals surface area contributed by atoms with Crippen molar-refractivity contribution in [3.8, 4) is 27.8 Å². The summed E-state index contributed by atoms with van der Waals surface area (Å²) in [5, 5.41) is 16.8. The van der Waals surface area contributed by atoms with Crippen molar-refractivity contribution >= 4 is 17.0 Å². The second-order valence-corrected chi connectivity index (χ2v) is 8.15. The lowest BCUT2D eigenvalue weighted by Crippen LogP contribution is -2.10. The zero-order valence-electron chi connectivity index (χ0n) is 17.0. The first kappa shape index (κ1) is 21.7. The van der Waals surface area contributed by atoms with Gasteiger partial charge in [0.2, 0.25) is 5.82 Å². The summed E-state index contributed by atoms with van der Waals surface area (Å²) in [5.74, 6) is 0.752. The van der Waals surface area contributed by atoms with Gasteiger partial charge in [-0.15, -0.1) is 21.5 Å². The number of nitrogens with zero attached hydrogens (tertiary/aromatic N) is 5. The van der Waals surface area contributed by atoms with Gasteiger partial charge in [-0.25, -0.2) is 9.97 Å². The van der Waals surface area contributed by atoms with Gasteiger partial charge in [-0.3, -0.25) is 0 Å². The maximum Gasteiger partial charge on any atom is 0.433 e. The fourth-order valence-corrected chi connectivity index (χ4v) is 3.68. The molecule has 4 aromatic rings. The Morgan fingerprint density at radius 1 is 1.16 bits per heavy atom. The average Bonchev–Trinajstić information content (AvgIpc) is 3.44. The Morgan fingerprint density at radius 3 is 2.59 bits per heavy atom. The third-order valence-corrected chi connectivity index (χ3v) is 5.23. The van der Waals surface area contributed by atoms with E-state index >= 15 is 0 Å². The highest BCUT2D eigenvalue weighted by Gasteiger charge is 2.33. The molecule has 166 valence electrons. The number of benzene rings is 1. The van der Waals surface area contributed by atoms with E-state index in [0.29, 0.717) is 6.54 Å². The minimum absolute atomic E-state index is 0.0240. The molecule has 32 heavy (non-hydrogen) atoms. The molecule has 3 heterocycles. The van der Waals surface area contributed by atoms with Gasteiger partial charge >= 0.3 is 6.18 Å². The van der Waals surface area contributed by atoms with E-state index in [1.807, 2.05) is 38.1 Å². The molecule has 0 fully saturated rings. The molecular formula is C20H18F3N7OS. The molecular weight excluding hydrogens is 443 g/mol. The number of aromatic amines is 1. The summed E-state index contributed by atoms with van der Waals surface area (Å²) in [6, 6.07) is 9.98. The van der Waals surface area contributed by atoms with Crippen molar-refractivity contribution in [1.29, 1.82) is 0 Å². The number of H-pyrrole nitrogens is 1. The number of alkyl halides is 3. The van der Waals surface area contributed by atoms with Crippen LogP contribution >= 0.6 is 11.3 Å². The van der Waals surface area contributed by atoms with E-state index in [-0.39, 0.29) is 23.3 Å². The number of pyridine rings is 1. The summed E-state index contributed by atoms with van der Waals surface area (Å²) < 4.78 is 45.5. The molecule has 0 unspecified atom stereocenters. The average molecular weight is 461 g/mol. The lowest BCUT2D eigenvalue weighted by atomic mass is 10.2. The number of nitrogens with one attached hydrogen (secondary N) is 2. The number of rotatable bonds is 7. The Morgan fingerprint density at radius 2 is 1.94 bits per heavy atom. The zero-order valence-corrected chi connectivity index (χ0v) is 17.8. The standard InChI is InChI=1S/C20H18F3N7OS/c1-11(2)31-14-5-3-12(4-6-14)19-25-10-15(32-19)9-24-13-7-16(18-27-29-30-28-18)26-17(8-13)20(21,22)23/h3-8,10-11H,9H2,1-2H3,(H,24,26)(H,27,28,29,30). The summed E-state index contributed by atoms with van der Waals surface area (Å²) >= 11 is 1.44. The third kappa shape index (κ3) is 5.19. The molecule has 0 amide bonds. The van der Waals surface area contributed by atoms with Crippen LogP contribution in [0.3, 0.4) is 0 Å². The molecule has 8 nitrogen and oxygen atoms in total. The number of anilines is 1. The maximum atomic E-state index is 13.3. The highest BCUT2D eigenvalue weighted by molar-refractivity contribution is 7.15. The molecule has 0 aliphatic carbocycles. The molecule has 3 aromatic heterocycles. The summed E-state index contributed by atoms with van der Waals surface area (Å²) in [5.41, 5.74) is 0.0815. The summed E-state index contributed by atoms with van der Waals surface area (Å²) in [4.78, 5) is 8.87. The van der Waals surface area contributed by atoms with Gasteiger partial charge in [-0.05, 0) is 55.5 Å². The number of hydrogen-bond donors (Lipinski definition) is 2. The number of tetrazole rings is 1. The summed E-state index contributed by atoms with van der Waals surface area (Å²) in [6.07, 6.45) is -2.83. The van der Waals surface area contributed by atoms with E-state index in [9.17, 15) is 13.2 Å². The molecule has 0 saturated heterocycles. The van der Waals surface area contributed by atoms with Crippen molar-refractivity contribution in [3.05, 3.63) is 53.2 Å². The zero-order chi connectivity index (χ0) is 22.7. The van der Waals surface area contributed by atoms with Gasteiger partial charge in [-0.2, -0.15) is 18.4 Å². The quantitative estimate of drug-likeness (QED) is 0.407. The van der Waals surface area contributed by atoms with Gasteiger partial charge in [0.15, 0.2) is 0 Å². The molecule has 0 bridgehead atoms. The predicted octanol–water partition coefficient (Wildman–Crippen LogP) is 4.80. The molecule has 0 atom stereocenters. The third-order valence-electron chi connectivity index (χ3n) is 4.18. The molecule has 4 rings (SSSR count). The Bertz CT molecular complexity index is 1170. The Hall–Kier alpha value is -3.54. The fourth-order valence-electron chi connectivity index (χ4n) is 2.82. The van der Waals surface area contributed by atoms with Gasteiger partial charge in [0.25, 0.3) is 0 Å². The van der Waals surface area contributed by atoms with Gasteiger partial charge in [-0.1, -0.05) is 0 Å². The van der Waals surface area contributed by atoms with Crippen LogP contribution in [0.5, 0.6) is 5.75 Å². The van der Waals surface area contributed by atoms with Crippen LogP contribution in [0.4, 0.5) is 18.9 Å². The van der Waals surface area contributed by atoms with Gasteiger partial charge in [0.1, 0.15) is 22.1 Å². The van der Waals surface area contributed by atoms with E-state index in [1.165, 1.54) is 17.4 Å². The topological polar surface area (TPSA) is 102 Å². The molecule has 0 saturated carbocycles. The van der Waals surface area contributed by atoms with Crippen LogP contribution in [0.2, 0.25) is 0 Å². The minimum Gasteiger partial charge on any atom is -0.491 e. The van der Waals surface area contributed by atoms with Gasteiger partial charge < -0.3 is 10.1 Å². The van der Waals surface area contributed by atoms with E-state index in [0.717, 1.165) is 27.3 Å². The van der Waals surface area contributed by atoms with E-state index in [1.54, 1.807) is 6.20 Å². The van der Waals surface area contributed by atoms with Crippen LogP contribution in [0.15, 0.2) is 42.6 Å². The molecule has 0 aliphatic heterocycles. The number of ether oxygens (including phenoxy) is 1. The van der Waals surface area contributed by atoms with Crippen molar-refractivity contribution < 1.29 is 17.9 Å². The van der Waals surface area contributed by atoms with Crippen molar-refractivity contribution in [2.24, 2.45) is 0 Å². The first-order chi connectivity index (χ1) is 15.3. The number of hydrogen-bond acceptors (Lipinski definition) is 8. The van der Waals surface area contributed by atoms with Crippen LogP contribution in [-0.4, -0.2) is 36.7 Å². The van der Waals surface area contributed by atoms with Crippen molar-refractivity contribution in [1.82, 2.24) is 30.6 Å². The lowest BCUT2D eigenvalue weighted by molar-refractivity contribution is -0.141. The van der Waals surface area contributed by atoms with Crippen LogP contribution < -0.4 is 10.1 Å². The normalized spacial score (nSPS) is 11.7. The Labute approximate surface area is 184 Å². The Balaban J connectivity index is 1.49. The second kappa shape index (κ2) is 8.91. The first-order valence-electron chi connectivity index (χ1n) is 9.57. The summed E-state index contributed by atoms with van der Waals surface area (Å²) in [6.45, 7) is 4.21. The minimum atomic E-state index is -4.61. The molecule has 2 N–H and O–H groups in total. The molecule has 0 spiro atoms. The largest absolute Gasteiger partial charge is 0.491 e. The van der Waals surface area contributed by atoms with Crippen LogP contribution in [0, 0.1) is 0 Å². The highest BCUT2D eigenvalue weighted by Crippen LogP contribution is 2.32. The molecule has 0 radical (unpaired) electrons. The smallest absolute Gasteiger partial charge is 0.433 e. The molecule has 0 aliphatic rings. The van der Waals surface area contributed by atoms with Crippen LogP contribution in [0.25, 0.3) is 22.1 Å². The second-order valence-electron chi connectivity index (χ2n) is 7.04. The SMILES string of the molecule is CC(C)Oc1ccc(-c2ncc(CNc3cc(-c4nn[nH]n4)nc(C(F)(F)F)c3)s2)cc1.